The van der Waals surface area contributed by atoms with E-state index in [0.717, 1.165) is 25.7 Å². The number of hydrogen-bond donors (Lipinski definition) is 1. The minimum absolute atomic E-state index is 0.107. The van der Waals surface area contributed by atoms with Crippen LogP contribution >= 0.6 is 0 Å². The molecule has 0 aliphatic heterocycles. The Balaban J connectivity index is 5.71. The minimum Gasteiger partial charge on any atom is -0.366 e. The Bertz CT molecular complexity index is 548. The average molecular weight is 427 g/mol. The number of hydrogen-bond acceptors (Lipinski definition) is 4. The van der Waals surface area contributed by atoms with Crippen LogP contribution in [0.2, 0.25) is 0 Å². The highest BCUT2D eigenvalue weighted by Gasteiger charge is 2.34. The molecule has 0 fully saturated rings. The predicted molar refractivity (Wildman–Crippen MR) is 126 cm³/mol. The standard InChI is InChI=1S/C26H50O4/c1-20(2)13-15-25(11,29-22(5)6)17-18-26(12,16-14-21(3)4)30-23(7,8)19-28-24(9,10)27/h20-22,27H,13-16,19H2,1-12H3. The Kier molecular flexibility index (Phi) is 11.6. The molecule has 0 rings (SSSR count). The zero-order valence-corrected chi connectivity index (χ0v) is 21.9. The normalized spacial score (nSPS) is 17.1. The molecule has 0 saturated heterocycles. The first-order valence-electron chi connectivity index (χ1n) is 11.7. The summed E-state index contributed by atoms with van der Waals surface area (Å²) in [6.07, 6.45) is 3.90. The molecular weight excluding hydrogens is 376 g/mol. The van der Waals surface area contributed by atoms with Gasteiger partial charge in [-0.25, -0.2) is 0 Å². The summed E-state index contributed by atoms with van der Waals surface area (Å²) in [5.74, 6) is 6.88. The van der Waals surface area contributed by atoms with Crippen LogP contribution < -0.4 is 0 Å². The molecule has 0 amide bonds. The van der Waals surface area contributed by atoms with E-state index in [-0.39, 0.29) is 12.7 Å². The highest BCUT2D eigenvalue weighted by molar-refractivity contribution is 5.21. The molecule has 0 bridgehead atoms. The Morgan fingerprint density at radius 2 is 1.17 bits per heavy atom. The quantitative estimate of drug-likeness (QED) is 0.275. The van der Waals surface area contributed by atoms with E-state index >= 15 is 0 Å². The summed E-state index contributed by atoms with van der Waals surface area (Å²) in [5, 5.41) is 9.93. The summed E-state index contributed by atoms with van der Waals surface area (Å²) in [6.45, 7) is 24.6. The second-order valence-corrected chi connectivity index (χ2v) is 11.3. The van der Waals surface area contributed by atoms with Gasteiger partial charge in [-0.05, 0) is 92.9 Å². The molecule has 2 atom stereocenters. The third-order valence-electron chi connectivity index (χ3n) is 4.76. The first kappa shape index (κ1) is 29.4. The fraction of sp³-hybridized carbons (Fsp3) is 0.923. The van der Waals surface area contributed by atoms with Crippen molar-refractivity contribution in [2.45, 2.75) is 137 Å². The molecule has 0 heterocycles. The van der Waals surface area contributed by atoms with Crippen molar-refractivity contribution in [2.24, 2.45) is 11.8 Å². The van der Waals surface area contributed by atoms with E-state index in [4.69, 9.17) is 14.2 Å². The van der Waals surface area contributed by atoms with E-state index in [0.29, 0.717) is 11.8 Å². The van der Waals surface area contributed by atoms with Crippen LogP contribution in [0.25, 0.3) is 0 Å². The fourth-order valence-corrected chi connectivity index (χ4v) is 3.19. The molecule has 2 unspecified atom stereocenters. The van der Waals surface area contributed by atoms with Crippen LogP contribution in [0.15, 0.2) is 0 Å². The molecule has 1 N–H and O–H groups in total. The van der Waals surface area contributed by atoms with Crippen molar-refractivity contribution in [3.8, 4) is 11.8 Å². The lowest BCUT2D eigenvalue weighted by atomic mass is 9.91. The monoisotopic (exact) mass is 426 g/mol. The summed E-state index contributed by atoms with van der Waals surface area (Å²) >= 11 is 0. The lowest BCUT2D eigenvalue weighted by Gasteiger charge is -2.37. The van der Waals surface area contributed by atoms with E-state index < -0.39 is 22.6 Å². The van der Waals surface area contributed by atoms with Gasteiger partial charge in [0.05, 0.1) is 18.3 Å². The summed E-state index contributed by atoms with van der Waals surface area (Å²) in [6, 6.07) is 0. The van der Waals surface area contributed by atoms with Crippen molar-refractivity contribution < 1.29 is 19.3 Å². The third kappa shape index (κ3) is 14.4. The van der Waals surface area contributed by atoms with Crippen LogP contribution in [0.4, 0.5) is 0 Å². The molecule has 0 aliphatic carbocycles. The highest BCUT2D eigenvalue weighted by Crippen LogP contribution is 2.29. The molecule has 0 radical (unpaired) electrons. The topological polar surface area (TPSA) is 47.9 Å². The number of aliphatic hydroxyl groups is 1. The Morgan fingerprint density at radius 1 is 0.733 bits per heavy atom. The summed E-state index contributed by atoms with van der Waals surface area (Å²) in [5.41, 5.74) is -1.72. The third-order valence-corrected chi connectivity index (χ3v) is 4.76. The van der Waals surface area contributed by atoms with Crippen molar-refractivity contribution in [1.29, 1.82) is 0 Å². The lowest BCUT2D eigenvalue weighted by molar-refractivity contribution is -0.223. The molecule has 4 heteroatoms. The molecule has 0 saturated carbocycles. The lowest BCUT2D eigenvalue weighted by Crippen LogP contribution is -2.44. The summed E-state index contributed by atoms with van der Waals surface area (Å²) in [4.78, 5) is 0. The summed E-state index contributed by atoms with van der Waals surface area (Å²) < 4.78 is 18.4. The maximum absolute atomic E-state index is 9.93. The zero-order chi connectivity index (χ0) is 23.8. The first-order valence-corrected chi connectivity index (χ1v) is 11.7. The van der Waals surface area contributed by atoms with Gasteiger partial charge in [0.15, 0.2) is 5.79 Å². The molecule has 0 spiro atoms. The second-order valence-electron chi connectivity index (χ2n) is 11.3. The summed E-state index contributed by atoms with van der Waals surface area (Å²) in [7, 11) is 0. The maximum atomic E-state index is 9.93. The van der Waals surface area contributed by atoms with Crippen LogP contribution in [0, 0.1) is 23.7 Å². The van der Waals surface area contributed by atoms with Crippen molar-refractivity contribution >= 4 is 0 Å². The van der Waals surface area contributed by atoms with E-state index in [1.54, 1.807) is 13.8 Å². The fourth-order valence-electron chi connectivity index (χ4n) is 3.19. The van der Waals surface area contributed by atoms with Gasteiger partial charge in [0, 0.05) is 0 Å². The van der Waals surface area contributed by atoms with Gasteiger partial charge in [0.2, 0.25) is 0 Å². The van der Waals surface area contributed by atoms with Gasteiger partial charge in [-0.2, -0.15) is 0 Å². The molecule has 4 nitrogen and oxygen atoms in total. The Hall–Kier alpha value is -0.600. The van der Waals surface area contributed by atoms with E-state index in [1.165, 1.54) is 0 Å². The van der Waals surface area contributed by atoms with Gasteiger partial charge in [-0.1, -0.05) is 39.5 Å². The van der Waals surface area contributed by atoms with Gasteiger partial charge >= 0.3 is 0 Å². The van der Waals surface area contributed by atoms with Crippen LogP contribution in [0.1, 0.15) is 109 Å². The molecule has 178 valence electrons. The van der Waals surface area contributed by atoms with Crippen LogP contribution in [-0.2, 0) is 14.2 Å². The predicted octanol–water partition coefficient (Wildman–Crippen LogP) is 6.34. The van der Waals surface area contributed by atoms with Crippen LogP contribution in [-0.4, -0.2) is 40.4 Å². The van der Waals surface area contributed by atoms with E-state index in [9.17, 15) is 5.11 Å². The maximum Gasteiger partial charge on any atom is 0.159 e. The second kappa shape index (κ2) is 11.9. The highest BCUT2D eigenvalue weighted by atomic mass is 16.6. The largest absolute Gasteiger partial charge is 0.366 e. The van der Waals surface area contributed by atoms with Crippen molar-refractivity contribution in [3.63, 3.8) is 0 Å². The van der Waals surface area contributed by atoms with E-state index in [2.05, 4.69) is 67.2 Å². The van der Waals surface area contributed by atoms with Gasteiger partial charge in [0.25, 0.3) is 0 Å². The van der Waals surface area contributed by atoms with Gasteiger partial charge in [0.1, 0.15) is 11.2 Å². The van der Waals surface area contributed by atoms with Gasteiger partial charge in [-0.3, -0.25) is 0 Å². The van der Waals surface area contributed by atoms with Crippen molar-refractivity contribution in [1.82, 2.24) is 0 Å². The Morgan fingerprint density at radius 3 is 1.57 bits per heavy atom. The molecule has 30 heavy (non-hydrogen) atoms. The van der Waals surface area contributed by atoms with Crippen LogP contribution in [0.3, 0.4) is 0 Å². The molecule has 0 aromatic heterocycles. The van der Waals surface area contributed by atoms with E-state index in [1.807, 2.05) is 13.8 Å². The number of ether oxygens (including phenoxy) is 3. The Labute approximate surface area is 187 Å². The zero-order valence-electron chi connectivity index (χ0n) is 21.9. The van der Waals surface area contributed by atoms with Crippen molar-refractivity contribution in [3.05, 3.63) is 0 Å². The van der Waals surface area contributed by atoms with Gasteiger partial charge in [-0.15, -0.1) is 0 Å². The SMILES string of the molecule is CC(C)CCC(C)(C#CC(C)(CCC(C)C)OC(C)(C)COC(C)(C)O)OC(C)C. The first-order chi connectivity index (χ1) is 13.4. The molecule has 0 aliphatic rings. The average Bonchev–Trinajstić information content (AvgIpc) is 2.54. The number of rotatable bonds is 13. The smallest absolute Gasteiger partial charge is 0.159 e. The molecule has 0 aromatic carbocycles. The van der Waals surface area contributed by atoms with Crippen LogP contribution in [0.5, 0.6) is 0 Å². The van der Waals surface area contributed by atoms with Crippen molar-refractivity contribution in [2.75, 3.05) is 6.61 Å². The molecule has 0 aromatic rings. The molecular formula is C26H50O4. The van der Waals surface area contributed by atoms with Gasteiger partial charge < -0.3 is 19.3 Å². The minimum atomic E-state index is -1.19.